The summed E-state index contributed by atoms with van der Waals surface area (Å²) in [4.78, 5) is 11.9. The van der Waals surface area contributed by atoms with Crippen molar-refractivity contribution in [1.82, 2.24) is 0 Å². The normalized spacial score (nSPS) is 10.3. The zero-order valence-corrected chi connectivity index (χ0v) is 12.3. The Hall–Kier alpha value is -1.21. The molecule has 0 aliphatic carbocycles. The molecular formula is C13H7ClF2INO. The lowest BCUT2D eigenvalue weighted by Crippen LogP contribution is -2.12. The van der Waals surface area contributed by atoms with Gasteiger partial charge < -0.3 is 5.32 Å². The summed E-state index contributed by atoms with van der Waals surface area (Å²) in [5, 5.41) is 2.86. The van der Waals surface area contributed by atoms with Crippen LogP contribution < -0.4 is 5.32 Å². The maximum atomic E-state index is 13.0. The van der Waals surface area contributed by atoms with Crippen molar-refractivity contribution in [2.24, 2.45) is 0 Å². The van der Waals surface area contributed by atoms with Gasteiger partial charge in [0.05, 0.1) is 10.7 Å². The molecule has 0 spiro atoms. The fourth-order valence-electron chi connectivity index (χ4n) is 1.47. The molecule has 0 unspecified atom stereocenters. The Labute approximate surface area is 126 Å². The van der Waals surface area contributed by atoms with E-state index in [0.717, 1.165) is 15.7 Å². The van der Waals surface area contributed by atoms with Gasteiger partial charge in [0.2, 0.25) is 0 Å². The summed E-state index contributed by atoms with van der Waals surface area (Å²) in [6.07, 6.45) is 0. The van der Waals surface area contributed by atoms with E-state index in [-0.39, 0.29) is 5.56 Å². The molecule has 0 aliphatic heterocycles. The van der Waals surface area contributed by atoms with Crippen LogP contribution in [0.3, 0.4) is 0 Å². The summed E-state index contributed by atoms with van der Waals surface area (Å²) in [5.41, 5.74) is 0.281. The van der Waals surface area contributed by atoms with Crippen LogP contribution in [0, 0.1) is 15.2 Å². The van der Waals surface area contributed by atoms with Crippen molar-refractivity contribution < 1.29 is 13.6 Å². The highest BCUT2D eigenvalue weighted by Crippen LogP contribution is 2.24. The molecule has 0 aliphatic rings. The van der Waals surface area contributed by atoms with Gasteiger partial charge in [0.1, 0.15) is 11.6 Å². The molecule has 0 atom stereocenters. The molecule has 0 radical (unpaired) electrons. The topological polar surface area (TPSA) is 29.1 Å². The maximum Gasteiger partial charge on any atom is 0.255 e. The molecule has 98 valence electrons. The monoisotopic (exact) mass is 393 g/mol. The predicted octanol–water partition coefficient (Wildman–Crippen LogP) is 4.48. The van der Waals surface area contributed by atoms with Gasteiger partial charge in [0, 0.05) is 15.2 Å². The number of halogens is 4. The summed E-state index contributed by atoms with van der Waals surface area (Å²) >= 11 is 8.04. The summed E-state index contributed by atoms with van der Waals surface area (Å²) < 4.78 is 26.9. The molecule has 1 N–H and O–H groups in total. The summed E-state index contributed by atoms with van der Waals surface area (Å²) in [5.74, 6) is -2.24. The highest BCUT2D eigenvalue weighted by molar-refractivity contribution is 14.1. The largest absolute Gasteiger partial charge is 0.321 e. The Kier molecular flexibility index (Phi) is 4.36. The van der Waals surface area contributed by atoms with Crippen LogP contribution in [-0.2, 0) is 0 Å². The van der Waals surface area contributed by atoms with E-state index in [1.807, 2.05) is 0 Å². The minimum absolute atomic E-state index is 0.105. The second-order valence-corrected chi connectivity index (χ2v) is 5.39. The lowest BCUT2D eigenvalue weighted by atomic mass is 10.2. The number of nitrogens with one attached hydrogen (secondary N) is 1. The van der Waals surface area contributed by atoms with E-state index < -0.39 is 17.5 Å². The number of hydrogen-bond acceptors (Lipinski definition) is 1. The van der Waals surface area contributed by atoms with Crippen LogP contribution in [0.5, 0.6) is 0 Å². The second-order valence-electron chi connectivity index (χ2n) is 3.74. The van der Waals surface area contributed by atoms with Gasteiger partial charge >= 0.3 is 0 Å². The lowest BCUT2D eigenvalue weighted by Gasteiger charge is -2.07. The lowest BCUT2D eigenvalue weighted by molar-refractivity contribution is 0.102. The van der Waals surface area contributed by atoms with Crippen molar-refractivity contribution >= 4 is 45.8 Å². The number of benzene rings is 2. The van der Waals surface area contributed by atoms with Gasteiger partial charge in [-0.25, -0.2) is 8.78 Å². The first kappa shape index (κ1) is 14.2. The molecule has 0 heterocycles. The quantitative estimate of drug-likeness (QED) is 0.749. The molecule has 2 aromatic carbocycles. The molecule has 2 aromatic rings. The fraction of sp³-hybridized carbons (Fsp3) is 0. The van der Waals surface area contributed by atoms with Crippen LogP contribution in [0.1, 0.15) is 10.4 Å². The number of rotatable bonds is 2. The van der Waals surface area contributed by atoms with Crippen molar-refractivity contribution in [1.29, 1.82) is 0 Å². The third kappa shape index (κ3) is 3.63. The molecule has 19 heavy (non-hydrogen) atoms. The summed E-state index contributed by atoms with van der Waals surface area (Å²) in [6, 6.07) is 7.67. The van der Waals surface area contributed by atoms with Crippen molar-refractivity contribution in [3.05, 3.63) is 62.2 Å². The average Bonchev–Trinajstić information content (AvgIpc) is 2.31. The molecule has 0 saturated carbocycles. The number of carbonyl (C=O) groups is 1. The molecule has 1 amide bonds. The van der Waals surface area contributed by atoms with E-state index in [0.29, 0.717) is 16.8 Å². The van der Waals surface area contributed by atoms with Gasteiger partial charge in [-0.3, -0.25) is 4.79 Å². The highest BCUT2D eigenvalue weighted by atomic mass is 127. The summed E-state index contributed by atoms with van der Waals surface area (Å²) in [7, 11) is 0. The third-order valence-corrected chi connectivity index (χ3v) is 3.29. The average molecular weight is 394 g/mol. The second kappa shape index (κ2) is 5.83. The van der Waals surface area contributed by atoms with Crippen molar-refractivity contribution in [3.8, 4) is 0 Å². The Balaban J connectivity index is 2.25. The molecule has 0 saturated heterocycles. The summed E-state index contributed by atoms with van der Waals surface area (Å²) in [6.45, 7) is 0. The Morgan fingerprint density at radius 1 is 1.11 bits per heavy atom. The first-order chi connectivity index (χ1) is 8.95. The van der Waals surface area contributed by atoms with Crippen molar-refractivity contribution in [2.45, 2.75) is 0 Å². The number of hydrogen-bond donors (Lipinski definition) is 1. The third-order valence-electron chi connectivity index (χ3n) is 2.30. The highest BCUT2D eigenvalue weighted by Gasteiger charge is 2.11. The zero-order chi connectivity index (χ0) is 14.0. The van der Waals surface area contributed by atoms with E-state index in [4.69, 9.17) is 11.6 Å². The van der Waals surface area contributed by atoms with Crippen LogP contribution in [0.2, 0.25) is 5.02 Å². The van der Waals surface area contributed by atoms with E-state index in [2.05, 4.69) is 27.9 Å². The van der Waals surface area contributed by atoms with E-state index in [9.17, 15) is 13.6 Å². The predicted molar refractivity (Wildman–Crippen MR) is 78.5 cm³/mol. The molecule has 0 fully saturated rings. The molecule has 0 bridgehead atoms. The van der Waals surface area contributed by atoms with Crippen LogP contribution in [0.15, 0.2) is 36.4 Å². The number of anilines is 1. The Bertz CT molecular complexity index is 628. The SMILES string of the molecule is O=C(Nc1ccc(I)cc1Cl)c1cc(F)cc(F)c1. The van der Waals surface area contributed by atoms with Gasteiger partial charge in [-0.15, -0.1) is 0 Å². The zero-order valence-electron chi connectivity index (χ0n) is 9.38. The van der Waals surface area contributed by atoms with Crippen LogP contribution >= 0.6 is 34.2 Å². The molecule has 6 heteroatoms. The molecular weight excluding hydrogens is 387 g/mol. The van der Waals surface area contributed by atoms with Crippen molar-refractivity contribution in [3.63, 3.8) is 0 Å². The van der Waals surface area contributed by atoms with Crippen molar-refractivity contribution in [2.75, 3.05) is 5.32 Å². The van der Waals surface area contributed by atoms with Gasteiger partial charge in [-0.2, -0.15) is 0 Å². The van der Waals surface area contributed by atoms with Gasteiger partial charge in [-0.05, 0) is 52.9 Å². The molecule has 0 aromatic heterocycles. The standard InChI is InChI=1S/C13H7ClF2INO/c14-11-6-10(17)1-2-12(11)18-13(19)7-3-8(15)5-9(16)4-7/h1-6H,(H,18,19). The number of carbonyl (C=O) groups excluding carboxylic acids is 1. The first-order valence-corrected chi connectivity index (χ1v) is 6.64. The van der Waals surface area contributed by atoms with Crippen LogP contribution in [-0.4, -0.2) is 5.91 Å². The Morgan fingerprint density at radius 2 is 1.74 bits per heavy atom. The van der Waals surface area contributed by atoms with E-state index in [1.165, 1.54) is 0 Å². The minimum atomic E-state index is -0.807. The van der Waals surface area contributed by atoms with Gasteiger partial charge in [0.25, 0.3) is 5.91 Å². The van der Waals surface area contributed by atoms with Crippen LogP contribution in [0.25, 0.3) is 0 Å². The molecule has 2 rings (SSSR count). The smallest absolute Gasteiger partial charge is 0.255 e. The minimum Gasteiger partial charge on any atom is -0.321 e. The van der Waals surface area contributed by atoms with E-state index >= 15 is 0 Å². The molecule has 2 nitrogen and oxygen atoms in total. The number of amides is 1. The Morgan fingerprint density at radius 3 is 2.32 bits per heavy atom. The maximum absolute atomic E-state index is 13.0. The first-order valence-electron chi connectivity index (χ1n) is 5.18. The van der Waals surface area contributed by atoms with E-state index in [1.54, 1.807) is 18.2 Å². The van der Waals surface area contributed by atoms with Gasteiger partial charge in [0.15, 0.2) is 0 Å². The van der Waals surface area contributed by atoms with Crippen LogP contribution in [0.4, 0.5) is 14.5 Å². The van der Waals surface area contributed by atoms with Gasteiger partial charge in [-0.1, -0.05) is 11.6 Å². The fourth-order valence-corrected chi connectivity index (χ4v) is 2.37.